The van der Waals surface area contributed by atoms with Crippen molar-refractivity contribution in [3.05, 3.63) is 29.6 Å². The van der Waals surface area contributed by atoms with Gasteiger partial charge in [-0.1, -0.05) is 13.8 Å². The fraction of sp³-hybridized carbons (Fsp3) is 0.571. The van der Waals surface area contributed by atoms with Gasteiger partial charge in [0, 0.05) is 17.8 Å². The van der Waals surface area contributed by atoms with Gasteiger partial charge in [-0.05, 0) is 36.8 Å². The SMILES string of the molecule is CC(C)C1CC(NC(=O)c2ccnc(C(F)(F)F)c2)C1. The first-order valence-corrected chi connectivity index (χ1v) is 6.61. The second kappa shape index (κ2) is 5.42. The third kappa shape index (κ3) is 3.29. The number of carbonyl (C=O) groups excluding carboxylic acids is 1. The number of nitrogens with zero attached hydrogens (tertiary/aromatic N) is 1. The van der Waals surface area contributed by atoms with Crippen molar-refractivity contribution in [2.45, 2.75) is 38.9 Å². The smallest absolute Gasteiger partial charge is 0.349 e. The topological polar surface area (TPSA) is 42.0 Å². The average molecular weight is 286 g/mol. The monoisotopic (exact) mass is 286 g/mol. The van der Waals surface area contributed by atoms with Gasteiger partial charge in [-0.2, -0.15) is 13.2 Å². The highest BCUT2D eigenvalue weighted by atomic mass is 19.4. The van der Waals surface area contributed by atoms with Crippen LogP contribution in [0.15, 0.2) is 18.3 Å². The molecular formula is C14H17F3N2O. The van der Waals surface area contributed by atoms with Crippen LogP contribution in [0.1, 0.15) is 42.7 Å². The van der Waals surface area contributed by atoms with E-state index in [2.05, 4.69) is 24.1 Å². The molecule has 0 aromatic carbocycles. The van der Waals surface area contributed by atoms with Crippen molar-refractivity contribution in [1.82, 2.24) is 10.3 Å². The Hall–Kier alpha value is -1.59. The summed E-state index contributed by atoms with van der Waals surface area (Å²) in [6.07, 6.45) is -1.74. The van der Waals surface area contributed by atoms with Crippen LogP contribution < -0.4 is 5.32 Å². The van der Waals surface area contributed by atoms with E-state index in [1.54, 1.807) is 0 Å². The number of aromatic nitrogens is 1. The zero-order valence-corrected chi connectivity index (χ0v) is 11.4. The summed E-state index contributed by atoms with van der Waals surface area (Å²) >= 11 is 0. The third-order valence-corrected chi connectivity index (χ3v) is 3.77. The Bertz CT molecular complexity index is 493. The molecule has 0 atom stereocenters. The highest BCUT2D eigenvalue weighted by molar-refractivity contribution is 5.94. The summed E-state index contributed by atoms with van der Waals surface area (Å²) in [5, 5.41) is 2.76. The lowest BCUT2D eigenvalue weighted by atomic mass is 9.73. The van der Waals surface area contributed by atoms with E-state index in [4.69, 9.17) is 0 Å². The third-order valence-electron chi connectivity index (χ3n) is 3.77. The first kappa shape index (κ1) is 14.8. The van der Waals surface area contributed by atoms with Crippen molar-refractivity contribution in [3.8, 4) is 0 Å². The van der Waals surface area contributed by atoms with E-state index in [0.717, 1.165) is 25.1 Å². The van der Waals surface area contributed by atoms with Crippen LogP contribution in [0.2, 0.25) is 0 Å². The first-order chi connectivity index (χ1) is 9.27. The Morgan fingerprint density at radius 3 is 2.60 bits per heavy atom. The van der Waals surface area contributed by atoms with E-state index in [0.29, 0.717) is 11.8 Å². The van der Waals surface area contributed by atoms with Gasteiger partial charge < -0.3 is 5.32 Å². The molecular weight excluding hydrogens is 269 g/mol. The minimum absolute atomic E-state index is 0.000298. The second-order valence-electron chi connectivity index (χ2n) is 5.57. The summed E-state index contributed by atoms with van der Waals surface area (Å²) in [5.74, 6) is 0.689. The molecule has 1 fully saturated rings. The van der Waals surface area contributed by atoms with E-state index in [-0.39, 0.29) is 11.6 Å². The molecule has 1 aromatic heterocycles. The van der Waals surface area contributed by atoms with Crippen molar-refractivity contribution in [2.75, 3.05) is 0 Å². The molecule has 20 heavy (non-hydrogen) atoms. The molecule has 1 N–H and O–H groups in total. The van der Waals surface area contributed by atoms with Crippen molar-refractivity contribution in [3.63, 3.8) is 0 Å². The number of halogens is 3. The number of pyridine rings is 1. The Labute approximate surface area is 115 Å². The van der Waals surface area contributed by atoms with Crippen LogP contribution in [0.25, 0.3) is 0 Å². The van der Waals surface area contributed by atoms with Crippen LogP contribution in [0.5, 0.6) is 0 Å². The molecule has 0 saturated heterocycles. The van der Waals surface area contributed by atoms with E-state index >= 15 is 0 Å². The van der Waals surface area contributed by atoms with E-state index in [1.165, 1.54) is 6.07 Å². The van der Waals surface area contributed by atoms with Crippen LogP contribution in [-0.2, 0) is 6.18 Å². The molecule has 110 valence electrons. The van der Waals surface area contributed by atoms with Gasteiger partial charge in [0.15, 0.2) is 0 Å². The van der Waals surface area contributed by atoms with Crippen LogP contribution >= 0.6 is 0 Å². The van der Waals surface area contributed by atoms with Gasteiger partial charge in [0.05, 0.1) is 0 Å². The molecule has 0 bridgehead atoms. The summed E-state index contributed by atoms with van der Waals surface area (Å²) in [5.41, 5.74) is -1.04. The molecule has 0 spiro atoms. The maximum absolute atomic E-state index is 12.5. The standard InChI is InChI=1S/C14H17F3N2O/c1-8(2)10-5-11(6-10)19-13(20)9-3-4-18-12(7-9)14(15,16)17/h3-4,7-8,10-11H,5-6H2,1-2H3,(H,19,20). The minimum Gasteiger partial charge on any atom is -0.349 e. The Morgan fingerprint density at radius 2 is 2.05 bits per heavy atom. The van der Waals surface area contributed by atoms with E-state index in [9.17, 15) is 18.0 Å². The lowest BCUT2D eigenvalue weighted by molar-refractivity contribution is -0.141. The zero-order valence-electron chi connectivity index (χ0n) is 11.4. The Morgan fingerprint density at radius 1 is 1.40 bits per heavy atom. The van der Waals surface area contributed by atoms with Crippen molar-refractivity contribution >= 4 is 5.91 Å². The maximum atomic E-state index is 12.5. The number of alkyl halides is 3. The summed E-state index contributed by atoms with van der Waals surface area (Å²) in [6, 6.07) is 2.15. The van der Waals surface area contributed by atoms with Gasteiger partial charge >= 0.3 is 6.18 Å². The normalized spacial score (nSPS) is 22.5. The molecule has 1 amide bonds. The molecule has 1 aromatic rings. The van der Waals surface area contributed by atoms with Crippen molar-refractivity contribution < 1.29 is 18.0 Å². The lowest BCUT2D eigenvalue weighted by Gasteiger charge is -2.38. The summed E-state index contributed by atoms with van der Waals surface area (Å²) in [7, 11) is 0. The molecule has 1 saturated carbocycles. The van der Waals surface area contributed by atoms with Crippen LogP contribution in [0, 0.1) is 11.8 Å². The summed E-state index contributed by atoms with van der Waals surface area (Å²) < 4.78 is 37.6. The van der Waals surface area contributed by atoms with Gasteiger partial charge in [-0.3, -0.25) is 9.78 Å². The predicted octanol–water partition coefficient (Wildman–Crippen LogP) is 3.26. The van der Waals surface area contributed by atoms with Crippen molar-refractivity contribution in [1.29, 1.82) is 0 Å². The van der Waals surface area contributed by atoms with Crippen LogP contribution in [0.4, 0.5) is 13.2 Å². The highest BCUT2D eigenvalue weighted by Crippen LogP contribution is 2.33. The number of amides is 1. The molecule has 3 nitrogen and oxygen atoms in total. The van der Waals surface area contributed by atoms with Gasteiger partial charge in [-0.15, -0.1) is 0 Å². The minimum atomic E-state index is -4.53. The number of hydrogen-bond acceptors (Lipinski definition) is 2. The van der Waals surface area contributed by atoms with Crippen LogP contribution in [-0.4, -0.2) is 16.9 Å². The number of hydrogen-bond donors (Lipinski definition) is 1. The lowest BCUT2D eigenvalue weighted by Crippen LogP contribution is -2.45. The number of rotatable bonds is 3. The molecule has 6 heteroatoms. The molecule has 0 aliphatic heterocycles. The molecule has 0 unspecified atom stereocenters. The fourth-order valence-corrected chi connectivity index (χ4v) is 2.32. The number of nitrogens with one attached hydrogen (secondary N) is 1. The number of carbonyl (C=O) groups is 1. The average Bonchev–Trinajstić information content (AvgIpc) is 2.31. The van der Waals surface area contributed by atoms with Gasteiger partial charge in [-0.25, -0.2) is 0 Å². The van der Waals surface area contributed by atoms with Gasteiger partial charge in [0.25, 0.3) is 5.91 Å². The van der Waals surface area contributed by atoms with E-state index < -0.39 is 17.8 Å². The summed E-state index contributed by atoms with van der Waals surface area (Å²) in [6.45, 7) is 4.25. The van der Waals surface area contributed by atoms with Crippen molar-refractivity contribution in [2.24, 2.45) is 11.8 Å². The molecule has 0 radical (unpaired) electrons. The second-order valence-corrected chi connectivity index (χ2v) is 5.57. The first-order valence-electron chi connectivity index (χ1n) is 6.61. The molecule has 2 rings (SSSR count). The maximum Gasteiger partial charge on any atom is 0.433 e. The van der Waals surface area contributed by atoms with E-state index in [1.807, 2.05) is 0 Å². The zero-order chi connectivity index (χ0) is 14.9. The fourth-order valence-electron chi connectivity index (χ4n) is 2.32. The largest absolute Gasteiger partial charge is 0.433 e. The molecule has 1 aliphatic carbocycles. The highest BCUT2D eigenvalue weighted by Gasteiger charge is 2.34. The Balaban J connectivity index is 1.97. The van der Waals surface area contributed by atoms with Gasteiger partial charge in [0.1, 0.15) is 5.69 Å². The summed E-state index contributed by atoms with van der Waals surface area (Å²) in [4.78, 5) is 15.1. The molecule has 1 aliphatic rings. The molecule has 1 heterocycles. The van der Waals surface area contributed by atoms with Crippen LogP contribution in [0.3, 0.4) is 0 Å². The quantitative estimate of drug-likeness (QED) is 0.926. The van der Waals surface area contributed by atoms with Gasteiger partial charge in [0.2, 0.25) is 0 Å². The predicted molar refractivity (Wildman–Crippen MR) is 68.1 cm³/mol. The Kier molecular flexibility index (Phi) is 4.01.